The molecule has 148 valence electrons. The minimum Gasteiger partial charge on any atom is -0.171 e. The molecule has 4 fully saturated rings. The third-order valence-corrected chi connectivity index (χ3v) is 9.59. The van der Waals surface area contributed by atoms with E-state index in [-0.39, 0.29) is 11.3 Å². The minimum atomic E-state index is -4.00. The lowest BCUT2D eigenvalue weighted by atomic mass is 9.44. The summed E-state index contributed by atoms with van der Waals surface area (Å²) in [7, 11) is 0. The molecule has 4 saturated carbocycles. The molecule has 0 nitrogen and oxygen atoms in total. The molecule has 0 aromatic rings. The van der Waals surface area contributed by atoms with E-state index in [0.717, 1.165) is 30.6 Å². The van der Waals surface area contributed by atoms with Gasteiger partial charge in [0.15, 0.2) is 0 Å². The van der Waals surface area contributed by atoms with Crippen LogP contribution in [0.4, 0.5) is 13.2 Å². The number of rotatable bonds is 2. The number of allylic oxidation sites excluding steroid dienone is 1. The molecule has 0 heterocycles. The van der Waals surface area contributed by atoms with Crippen LogP contribution >= 0.6 is 0 Å². The normalized spacial score (nSPS) is 48.7. The van der Waals surface area contributed by atoms with E-state index in [1.165, 1.54) is 50.5 Å². The summed E-state index contributed by atoms with van der Waals surface area (Å²) in [6.45, 7) is 9.15. The van der Waals surface area contributed by atoms with Crippen LogP contribution in [0.1, 0.15) is 84.5 Å². The van der Waals surface area contributed by atoms with Crippen LogP contribution in [0, 0.1) is 40.4 Å². The lowest BCUT2D eigenvalue weighted by Gasteiger charge is -2.60. The molecule has 4 rings (SSSR count). The summed E-state index contributed by atoms with van der Waals surface area (Å²) in [5.41, 5.74) is 2.06. The van der Waals surface area contributed by atoms with E-state index in [9.17, 15) is 13.2 Å². The Balaban J connectivity index is 1.52. The molecule has 0 radical (unpaired) electrons. The molecule has 0 saturated heterocycles. The first kappa shape index (κ1) is 18.9. The third kappa shape index (κ3) is 2.96. The average Bonchev–Trinajstić information content (AvgIpc) is 2.89. The molecule has 0 N–H and O–H groups in total. The van der Waals surface area contributed by atoms with Crippen molar-refractivity contribution < 1.29 is 13.2 Å². The largest absolute Gasteiger partial charge is 0.389 e. The first-order valence-electron chi connectivity index (χ1n) is 10.9. The van der Waals surface area contributed by atoms with Crippen LogP contribution in [0.3, 0.4) is 0 Å². The van der Waals surface area contributed by atoms with Crippen molar-refractivity contribution in [3.05, 3.63) is 12.2 Å². The molecule has 0 amide bonds. The molecule has 4 aliphatic carbocycles. The maximum absolute atomic E-state index is 12.8. The van der Waals surface area contributed by atoms with Crippen LogP contribution in [-0.2, 0) is 0 Å². The third-order valence-electron chi connectivity index (χ3n) is 9.59. The van der Waals surface area contributed by atoms with E-state index >= 15 is 0 Å². The highest BCUT2D eigenvalue weighted by atomic mass is 19.4. The Hall–Kier alpha value is -0.470. The molecule has 3 heteroatoms. The van der Waals surface area contributed by atoms with Gasteiger partial charge in [-0.3, -0.25) is 0 Å². The van der Waals surface area contributed by atoms with Gasteiger partial charge in [-0.15, -0.1) is 0 Å². The maximum atomic E-state index is 12.8. The van der Waals surface area contributed by atoms with Gasteiger partial charge in [0.05, 0.1) is 0 Å². The van der Waals surface area contributed by atoms with E-state index < -0.39 is 12.6 Å². The van der Waals surface area contributed by atoms with Gasteiger partial charge in [-0.25, -0.2) is 0 Å². The van der Waals surface area contributed by atoms with Crippen molar-refractivity contribution in [1.29, 1.82) is 0 Å². The molecule has 4 aliphatic rings. The zero-order valence-corrected chi connectivity index (χ0v) is 16.5. The van der Waals surface area contributed by atoms with E-state index in [1.54, 1.807) is 0 Å². The summed E-state index contributed by atoms with van der Waals surface area (Å²) < 4.78 is 38.4. The average molecular weight is 369 g/mol. The molecular weight excluding hydrogens is 333 g/mol. The highest BCUT2D eigenvalue weighted by Gasteiger charge is 2.59. The summed E-state index contributed by atoms with van der Waals surface area (Å²) in [6.07, 6.45) is 6.70. The van der Waals surface area contributed by atoms with Gasteiger partial charge in [0.1, 0.15) is 0 Å². The lowest BCUT2D eigenvalue weighted by Crippen LogP contribution is -2.52. The summed E-state index contributed by atoms with van der Waals surface area (Å²) in [5.74, 6) is 3.32. The van der Waals surface area contributed by atoms with Crippen molar-refractivity contribution in [2.24, 2.45) is 40.4 Å². The Morgan fingerprint density at radius 2 is 1.69 bits per heavy atom. The molecule has 0 aromatic heterocycles. The van der Waals surface area contributed by atoms with Gasteiger partial charge in [0, 0.05) is 6.42 Å². The van der Waals surface area contributed by atoms with Crippen LogP contribution < -0.4 is 0 Å². The quantitative estimate of drug-likeness (QED) is 0.442. The number of hydrogen-bond acceptors (Lipinski definition) is 0. The van der Waals surface area contributed by atoms with E-state index in [1.807, 2.05) is 0 Å². The first-order valence-corrected chi connectivity index (χ1v) is 10.9. The summed E-state index contributed by atoms with van der Waals surface area (Å²) in [6, 6.07) is 0. The predicted octanol–water partition coefficient (Wildman–Crippen LogP) is 7.54. The van der Waals surface area contributed by atoms with Gasteiger partial charge in [0.25, 0.3) is 0 Å². The van der Waals surface area contributed by atoms with Crippen LogP contribution in [0.15, 0.2) is 12.2 Å². The van der Waals surface area contributed by atoms with Gasteiger partial charge in [-0.1, -0.05) is 26.0 Å². The molecule has 0 aromatic carbocycles. The van der Waals surface area contributed by atoms with Crippen LogP contribution in [-0.4, -0.2) is 6.18 Å². The molecule has 0 aliphatic heterocycles. The van der Waals surface area contributed by atoms with Gasteiger partial charge >= 0.3 is 6.18 Å². The van der Waals surface area contributed by atoms with Gasteiger partial charge in [-0.05, 0) is 105 Å². The molecule has 26 heavy (non-hydrogen) atoms. The van der Waals surface area contributed by atoms with Crippen LogP contribution in [0.25, 0.3) is 0 Å². The lowest BCUT2D eigenvalue weighted by molar-refractivity contribution is -0.143. The molecule has 6 unspecified atom stereocenters. The molecular formula is C23H35F3. The number of hydrogen-bond donors (Lipinski definition) is 0. The topological polar surface area (TPSA) is 0 Å². The number of fused-ring (bicyclic) bond motifs is 5. The van der Waals surface area contributed by atoms with Crippen molar-refractivity contribution in [1.82, 2.24) is 0 Å². The molecule has 7 atom stereocenters. The Labute approximate surface area is 157 Å². The van der Waals surface area contributed by atoms with Crippen molar-refractivity contribution in [3.63, 3.8) is 0 Å². The fourth-order valence-electron chi connectivity index (χ4n) is 8.08. The predicted molar refractivity (Wildman–Crippen MR) is 99.6 cm³/mol. The SMILES string of the molecule is C=C1CCC2(C)C(CCC3C2CC[C@]2(C)C(CCC(F)(F)F)CCC32)C1. The second-order valence-corrected chi connectivity index (χ2v) is 10.6. The Kier molecular flexibility index (Phi) is 4.55. The van der Waals surface area contributed by atoms with Gasteiger partial charge in [0.2, 0.25) is 0 Å². The summed E-state index contributed by atoms with van der Waals surface area (Å²) in [4.78, 5) is 0. The standard InChI is InChI=1S/C23H35F3/c1-15-8-11-22(3)17(14-15)4-6-18-19-7-5-16(9-13-23(24,25)26)21(19,2)12-10-20(18)22/h16-20H,1,4-14H2,2-3H3/t16?,17?,18?,19?,20?,21-,22?/m1/s1. The maximum Gasteiger partial charge on any atom is 0.389 e. The van der Waals surface area contributed by atoms with Crippen LogP contribution in [0.5, 0.6) is 0 Å². The number of halogens is 3. The Morgan fingerprint density at radius 3 is 2.42 bits per heavy atom. The Bertz CT molecular complexity index is 564. The highest BCUT2D eigenvalue weighted by Crippen LogP contribution is 2.68. The fourth-order valence-corrected chi connectivity index (χ4v) is 8.08. The first-order chi connectivity index (χ1) is 12.1. The summed E-state index contributed by atoms with van der Waals surface area (Å²) in [5, 5.41) is 0. The van der Waals surface area contributed by atoms with E-state index in [0.29, 0.717) is 17.8 Å². The van der Waals surface area contributed by atoms with Crippen molar-refractivity contribution in [2.75, 3.05) is 0 Å². The second-order valence-electron chi connectivity index (χ2n) is 10.6. The van der Waals surface area contributed by atoms with Crippen molar-refractivity contribution in [3.8, 4) is 0 Å². The van der Waals surface area contributed by atoms with Crippen LogP contribution in [0.2, 0.25) is 0 Å². The minimum absolute atomic E-state index is 0.161. The van der Waals surface area contributed by atoms with Gasteiger partial charge in [-0.2, -0.15) is 13.2 Å². The second kappa shape index (κ2) is 6.27. The highest BCUT2D eigenvalue weighted by molar-refractivity contribution is 5.13. The molecule has 0 spiro atoms. The van der Waals surface area contributed by atoms with E-state index in [4.69, 9.17) is 0 Å². The van der Waals surface area contributed by atoms with Gasteiger partial charge < -0.3 is 0 Å². The van der Waals surface area contributed by atoms with Crippen molar-refractivity contribution >= 4 is 0 Å². The zero-order valence-electron chi connectivity index (χ0n) is 16.5. The van der Waals surface area contributed by atoms with Crippen molar-refractivity contribution in [2.45, 2.75) is 90.7 Å². The molecule has 0 bridgehead atoms. The monoisotopic (exact) mass is 368 g/mol. The Morgan fingerprint density at radius 1 is 0.962 bits per heavy atom. The zero-order chi connectivity index (χ0) is 18.7. The summed E-state index contributed by atoms with van der Waals surface area (Å²) >= 11 is 0. The fraction of sp³-hybridized carbons (Fsp3) is 0.913. The van der Waals surface area contributed by atoms with E-state index in [2.05, 4.69) is 20.4 Å². The number of alkyl halides is 3. The smallest absolute Gasteiger partial charge is 0.171 e.